The second-order valence-corrected chi connectivity index (χ2v) is 4.67. The predicted octanol–water partition coefficient (Wildman–Crippen LogP) is 4.88. The van der Waals surface area contributed by atoms with Crippen molar-refractivity contribution in [1.82, 2.24) is 0 Å². The minimum absolute atomic E-state index is 0.754. The van der Waals surface area contributed by atoms with Gasteiger partial charge in [0.1, 0.15) is 0 Å². The first kappa shape index (κ1) is 11.5. The van der Waals surface area contributed by atoms with E-state index >= 15 is 0 Å². The van der Waals surface area contributed by atoms with Crippen LogP contribution in [0.5, 0.6) is 0 Å². The highest BCUT2D eigenvalue weighted by molar-refractivity contribution is 7.93. The molecule has 0 radical (unpaired) electrons. The van der Waals surface area contributed by atoms with Crippen molar-refractivity contribution in [2.75, 3.05) is 0 Å². The van der Waals surface area contributed by atoms with Crippen LogP contribution in [0, 0.1) is 6.92 Å². The number of halogens is 1. The molecule has 0 aliphatic heterocycles. The van der Waals surface area contributed by atoms with Crippen LogP contribution in [0.3, 0.4) is 0 Å². The van der Waals surface area contributed by atoms with Gasteiger partial charge in [0.15, 0.2) is 0 Å². The largest absolute Gasteiger partial charge is 0.325 e. The Labute approximate surface area is 104 Å². The number of aryl methyl sites for hydroxylation is 1. The van der Waals surface area contributed by atoms with Gasteiger partial charge in [-0.3, -0.25) is 0 Å². The third-order valence-corrected chi connectivity index (χ3v) is 3.18. The van der Waals surface area contributed by atoms with Crippen LogP contribution in [0.15, 0.2) is 47.4 Å². The van der Waals surface area contributed by atoms with Crippen molar-refractivity contribution in [3.05, 3.63) is 53.1 Å². The van der Waals surface area contributed by atoms with Gasteiger partial charge >= 0.3 is 0 Å². The SMILES string of the molecule is Cc1cc(Cl)ccc1-c1ccc(SO)cc1. The first-order chi connectivity index (χ1) is 7.70. The molecule has 0 amide bonds. The van der Waals surface area contributed by atoms with Gasteiger partial charge in [-0.25, -0.2) is 0 Å². The quantitative estimate of drug-likeness (QED) is 0.767. The van der Waals surface area contributed by atoms with Crippen LogP contribution in [0.25, 0.3) is 11.1 Å². The third-order valence-electron chi connectivity index (χ3n) is 2.46. The predicted molar refractivity (Wildman–Crippen MR) is 70.1 cm³/mol. The summed E-state index contributed by atoms with van der Waals surface area (Å²) in [5.74, 6) is 0. The molecule has 82 valence electrons. The van der Waals surface area contributed by atoms with E-state index in [-0.39, 0.29) is 0 Å². The molecular formula is C13H11ClOS. The molecule has 1 nitrogen and oxygen atoms in total. The molecule has 0 fully saturated rings. The van der Waals surface area contributed by atoms with Crippen LogP contribution < -0.4 is 0 Å². The zero-order valence-electron chi connectivity index (χ0n) is 8.77. The maximum atomic E-state index is 8.89. The summed E-state index contributed by atoms with van der Waals surface area (Å²) in [6.07, 6.45) is 0. The molecule has 2 rings (SSSR count). The zero-order valence-corrected chi connectivity index (χ0v) is 10.3. The number of hydrogen-bond acceptors (Lipinski definition) is 2. The maximum absolute atomic E-state index is 8.89. The number of benzene rings is 2. The lowest BCUT2D eigenvalue weighted by atomic mass is 10.0. The fourth-order valence-corrected chi connectivity index (χ4v) is 2.13. The van der Waals surface area contributed by atoms with Crippen LogP contribution in [-0.2, 0) is 0 Å². The minimum atomic E-state index is 0.754. The minimum Gasteiger partial charge on any atom is -0.325 e. The average molecular weight is 251 g/mol. The van der Waals surface area contributed by atoms with E-state index < -0.39 is 0 Å². The molecule has 0 saturated carbocycles. The molecule has 0 aliphatic carbocycles. The van der Waals surface area contributed by atoms with Crippen molar-refractivity contribution in [2.45, 2.75) is 11.8 Å². The zero-order chi connectivity index (χ0) is 11.5. The van der Waals surface area contributed by atoms with E-state index in [9.17, 15) is 0 Å². The molecular weight excluding hydrogens is 240 g/mol. The Morgan fingerprint density at radius 2 is 1.75 bits per heavy atom. The van der Waals surface area contributed by atoms with E-state index in [0.717, 1.165) is 33.1 Å². The Morgan fingerprint density at radius 3 is 2.31 bits per heavy atom. The van der Waals surface area contributed by atoms with Gasteiger partial charge in [0.2, 0.25) is 0 Å². The summed E-state index contributed by atoms with van der Waals surface area (Å²) in [7, 11) is 0. The van der Waals surface area contributed by atoms with Crippen LogP contribution >= 0.6 is 23.6 Å². The molecule has 0 spiro atoms. The van der Waals surface area contributed by atoms with Crippen molar-refractivity contribution in [3.63, 3.8) is 0 Å². The molecule has 2 aromatic carbocycles. The summed E-state index contributed by atoms with van der Waals surface area (Å²) in [5, 5.41) is 0.754. The van der Waals surface area contributed by atoms with Crippen molar-refractivity contribution in [2.24, 2.45) is 0 Å². The van der Waals surface area contributed by atoms with Gasteiger partial charge in [-0.1, -0.05) is 29.8 Å². The standard InChI is InChI=1S/C13H11ClOS/c1-9-8-11(14)4-7-13(9)10-2-5-12(16-15)6-3-10/h2-8,15H,1H3. The average Bonchev–Trinajstić information content (AvgIpc) is 2.29. The topological polar surface area (TPSA) is 20.2 Å². The van der Waals surface area contributed by atoms with E-state index in [2.05, 4.69) is 0 Å². The van der Waals surface area contributed by atoms with E-state index in [1.807, 2.05) is 49.4 Å². The molecule has 3 heteroatoms. The summed E-state index contributed by atoms with van der Waals surface area (Å²) < 4.78 is 8.89. The Morgan fingerprint density at radius 1 is 1.06 bits per heavy atom. The molecule has 0 unspecified atom stereocenters. The Kier molecular flexibility index (Phi) is 3.54. The van der Waals surface area contributed by atoms with E-state index in [0.29, 0.717) is 0 Å². The van der Waals surface area contributed by atoms with Gasteiger partial charge in [-0.05, 0) is 47.9 Å². The monoisotopic (exact) mass is 250 g/mol. The molecule has 0 saturated heterocycles. The summed E-state index contributed by atoms with van der Waals surface area (Å²) >= 11 is 6.67. The summed E-state index contributed by atoms with van der Waals surface area (Å²) in [6, 6.07) is 13.6. The smallest absolute Gasteiger partial charge is 0.0409 e. The van der Waals surface area contributed by atoms with Crippen molar-refractivity contribution in [3.8, 4) is 11.1 Å². The number of hydrogen-bond donors (Lipinski definition) is 1. The lowest BCUT2D eigenvalue weighted by molar-refractivity contribution is 0.664. The maximum Gasteiger partial charge on any atom is 0.0409 e. The molecule has 2 aromatic rings. The lowest BCUT2D eigenvalue weighted by Crippen LogP contribution is -1.83. The fourth-order valence-electron chi connectivity index (χ4n) is 1.65. The third kappa shape index (κ3) is 2.40. The van der Waals surface area contributed by atoms with E-state index in [4.69, 9.17) is 16.2 Å². The number of rotatable bonds is 2. The highest BCUT2D eigenvalue weighted by Crippen LogP contribution is 2.27. The van der Waals surface area contributed by atoms with Gasteiger partial charge < -0.3 is 4.55 Å². The van der Waals surface area contributed by atoms with Gasteiger partial charge in [0.05, 0.1) is 0 Å². The van der Waals surface area contributed by atoms with E-state index in [1.54, 1.807) is 0 Å². The van der Waals surface area contributed by atoms with Crippen LogP contribution in [-0.4, -0.2) is 4.55 Å². The molecule has 0 heterocycles. The molecule has 0 aliphatic rings. The Balaban J connectivity index is 2.42. The highest BCUT2D eigenvalue weighted by Gasteiger charge is 2.02. The van der Waals surface area contributed by atoms with Crippen LogP contribution in [0.1, 0.15) is 5.56 Å². The molecule has 0 bridgehead atoms. The second-order valence-electron chi connectivity index (χ2n) is 3.57. The Bertz CT molecular complexity index is 494. The lowest BCUT2D eigenvalue weighted by Gasteiger charge is -2.06. The first-order valence-electron chi connectivity index (χ1n) is 4.89. The van der Waals surface area contributed by atoms with Gasteiger partial charge in [0, 0.05) is 22.0 Å². The Hall–Kier alpha value is -0.960. The molecule has 1 N–H and O–H groups in total. The summed E-state index contributed by atoms with van der Waals surface area (Å²) in [6.45, 7) is 2.04. The fraction of sp³-hybridized carbons (Fsp3) is 0.0769. The summed E-state index contributed by atoms with van der Waals surface area (Å²) in [4.78, 5) is 0.843. The van der Waals surface area contributed by atoms with Crippen LogP contribution in [0.2, 0.25) is 5.02 Å². The molecule has 0 atom stereocenters. The summed E-state index contributed by atoms with van der Waals surface area (Å²) in [5.41, 5.74) is 3.45. The van der Waals surface area contributed by atoms with Gasteiger partial charge in [-0.15, -0.1) is 0 Å². The van der Waals surface area contributed by atoms with Crippen molar-refractivity contribution < 1.29 is 4.55 Å². The molecule has 16 heavy (non-hydrogen) atoms. The van der Waals surface area contributed by atoms with Crippen LogP contribution in [0.4, 0.5) is 0 Å². The van der Waals surface area contributed by atoms with E-state index in [1.165, 1.54) is 5.56 Å². The second kappa shape index (κ2) is 4.91. The van der Waals surface area contributed by atoms with Gasteiger partial charge in [0.25, 0.3) is 0 Å². The van der Waals surface area contributed by atoms with Gasteiger partial charge in [-0.2, -0.15) is 0 Å². The normalized spacial score (nSPS) is 10.4. The first-order valence-corrected chi connectivity index (χ1v) is 6.04. The van der Waals surface area contributed by atoms with Crippen molar-refractivity contribution in [1.29, 1.82) is 0 Å². The highest BCUT2D eigenvalue weighted by atomic mass is 35.5. The van der Waals surface area contributed by atoms with Crippen molar-refractivity contribution >= 4 is 23.6 Å². The molecule has 0 aromatic heterocycles.